The van der Waals surface area contributed by atoms with Crippen molar-refractivity contribution in [1.29, 1.82) is 0 Å². The Bertz CT molecular complexity index is 387. The van der Waals surface area contributed by atoms with Crippen LogP contribution in [0.5, 0.6) is 5.75 Å². The van der Waals surface area contributed by atoms with Crippen molar-refractivity contribution in [2.45, 2.75) is 45.6 Å². The predicted molar refractivity (Wildman–Crippen MR) is 76.1 cm³/mol. The van der Waals surface area contributed by atoms with Gasteiger partial charge in [-0.3, -0.25) is 0 Å². The minimum absolute atomic E-state index is 0.516. The minimum atomic E-state index is 0.516. The second-order valence-electron chi connectivity index (χ2n) is 5.65. The SMILES string of the molecule is COc1ccc2c(c1)C(NCCC(C)C)CCC2. The first kappa shape index (κ1) is 13.4. The van der Waals surface area contributed by atoms with Crippen molar-refractivity contribution in [3.63, 3.8) is 0 Å². The molecule has 2 heteroatoms. The van der Waals surface area contributed by atoms with Crippen LogP contribution < -0.4 is 10.1 Å². The number of benzene rings is 1. The molecule has 1 aromatic rings. The maximum Gasteiger partial charge on any atom is 0.119 e. The van der Waals surface area contributed by atoms with E-state index in [-0.39, 0.29) is 0 Å². The zero-order valence-electron chi connectivity index (χ0n) is 11.8. The first-order valence-electron chi connectivity index (χ1n) is 7.11. The second-order valence-corrected chi connectivity index (χ2v) is 5.65. The van der Waals surface area contributed by atoms with Gasteiger partial charge in [-0.15, -0.1) is 0 Å². The van der Waals surface area contributed by atoms with E-state index in [9.17, 15) is 0 Å². The summed E-state index contributed by atoms with van der Waals surface area (Å²) in [5, 5.41) is 3.70. The summed E-state index contributed by atoms with van der Waals surface area (Å²) in [5.74, 6) is 1.75. The van der Waals surface area contributed by atoms with Crippen molar-refractivity contribution in [3.8, 4) is 5.75 Å². The Balaban J connectivity index is 2.06. The average Bonchev–Trinajstić information content (AvgIpc) is 2.38. The lowest BCUT2D eigenvalue weighted by Crippen LogP contribution is -2.26. The van der Waals surface area contributed by atoms with Gasteiger partial charge in [-0.05, 0) is 61.4 Å². The summed E-state index contributed by atoms with van der Waals surface area (Å²) < 4.78 is 5.34. The number of aryl methyl sites for hydroxylation is 1. The molecule has 0 heterocycles. The minimum Gasteiger partial charge on any atom is -0.497 e. The molecule has 0 bridgehead atoms. The highest BCUT2D eigenvalue weighted by atomic mass is 16.5. The molecule has 2 rings (SSSR count). The van der Waals surface area contributed by atoms with E-state index in [4.69, 9.17) is 4.74 Å². The van der Waals surface area contributed by atoms with Crippen LogP contribution in [0.4, 0.5) is 0 Å². The van der Waals surface area contributed by atoms with Crippen LogP contribution >= 0.6 is 0 Å². The molecule has 1 aliphatic carbocycles. The third kappa shape index (κ3) is 3.26. The highest BCUT2D eigenvalue weighted by Gasteiger charge is 2.20. The molecule has 1 N–H and O–H groups in total. The molecular weight excluding hydrogens is 222 g/mol. The van der Waals surface area contributed by atoms with Gasteiger partial charge in [0.15, 0.2) is 0 Å². The van der Waals surface area contributed by atoms with Gasteiger partial charge >= 0.3 is 0 Å². The van der Waals surface area contributed by atoms with Gasteiger partial charge in [0.25, 0.3) is 0 Å². The molecule has 0 spiro atoms. The Kier molecular flexibility index (Phi) is 4.65. The quantitative estimate of drug-likeness (QED) is 0.856. The molecule has 0 amide bonds. The van der Waals surface area contributed by atoms with Crippen LogP contribution in [0.3, 0.4) is 0 Å². The standard InChI is InChI=1S/C16H25NO/c1-12(2)9-10-17-16-6-4-5-13-7-8-14(18-3)11-15(13)16/h7-8,11-12,16-17H,4-6,9-10H2,1-3H3. The van der Waals surface area contributed by atoms with E-state index in [0.29, 0.717) is 6.04 Å². The van der Waals surface area contributed by atoms with Crippen LogP contribution in [-0.4, -0.2) is 13.7 Å². The highest BCUT2D eigenvalue weighted by Crippen LogP contribution is 2.32. The van der Waals surface area contributed by atoms with Crippen molar-refractivity contribution >= 4 is 0 Å². The van der Waals surface area contributed by atoms with Crippen molar-refractivity contribution in [2.75, 3.05) is 13.7 Å². The number of hydrogen-bond donors (Lipinski definition) is 1. The molecule has 0 aliphatic heterocycles. The lowest BCUT2D eigenvalue weighted by atomic mass is 9.87. The molecule has 0 saturated heterocycles. The number of fused-ring (bicyclic) bond motifs is 1. The van der Waals surface area contributed by atoms with Gasteiger partial charge in [-0.25, -0.2) is 0 Å². The number of ether oxygens (including phenoxy) is 1. The predicted octanol–water partition coefficient (Wildman–Crippen LogP) is 3.71. The molecule has 1 aliphatic rings. The van der Waals surface area contributed by atoms with Crippen molar-refractivity contribution < 1.29 is 4.74 Å². The van der Waals surface area contributed by atoms with Gasteiger partial charge in [0, 0.05) is 6.04 Å². The fraction of sp³-hybridized carbons (Fsp3) is 0.625. The van der Waals surface area contributed by atoms with E-state index in [0.717, 1.165) is 18.2 Å². The lowest BCUT2D eigenvalue weighted by Gasteiger charge is -2.27. The third-order valence-corrected chi connectivity index (χ3v) is 3.78. The molecule has 100 valence electrons. The van der Waals surface area contributed by atoms with E-state index in [1.807, 2.05) is 0 Å². The Morgan fingerprint density at radius 1 is 1.39 bits per heavy atom. The molecule has 2 nitrogen and oxygen atoms in total. The number of methoxy groups -OCH3 is 1. The highest BCUT2D eigenvalue weighted by molar-refractivity contribution is 5.39. The monoisotopic (exact) mass is 247 g/mol. The molecule has 0 radical (unpaired) electrons. The van der Waals surface area contributed by atoms with E-state index in [2.05, 4.69) is 37.4 Å². The summed E-state index contributed by atoms with van der Waals surface area (Å²) in [5.41, 5.74) is 2.94. The molecule has 1 atom stereocenters. The fourth-order valence-corrected chi connectivity index (χ4v) is 2.66. The zero-order valence-corrected chi connectivity index (χ0v) is 11.8. The number of rotatable bonds is 5. The van der Waals surface area contributed by atoms with E-state index < -0.39 is 0 Å². The topological polar surface area (TPSA) is 21.3 Å². The molecule has 1 unspecified atom stereocenters. The van der Waals surface area contributed by atoms with Gasteiger partial charge in [-0.2, -0.15) is 0 Å². The molecule has 0 saturated carbocycles. The van der Waals surface area contributed by atoms with E-state index in [1.54, 1.807) is 7.11 Å². The van der Waals surface area contributed by atoms with Gasteiger partial charge in [0.1, 0.15) is 5.75 Å². The molecule has 0 aromatic heterocycles. The van der Waals surface area contributed by atoms with E-state index >= 15 is 0 Å². The summed E-state index contributed by atoms with van der Waals surface area (Å²) >= 11 is 0. The Morgan fingerprint density at radius 2 is 2.22 bits per heavy atom. The van der Waals surface area contributed by atoms with Crippen LogP contribution in [0.15, 0.2) is 18.2 Å². The van der Waals surface area contributed by atoms with Gasteiger partial charge in [0.2, 0.25) is 0 Å². The van der Waals surface area contributed by atoms with Gasteiger partial charge in [-0.1, -0.05) is 19.9 Å². The van der Waals surface area contributed by atoms with Gasteiger partial charge in [0.05, 0.1) is 7.11 Å². The maximum atomic E-state index is 5.34. The number of nitrogens with one attached hydrogen (secondary N) is 1. The summed E-state index contributed by atoms with van der Waals surface area (Å²) in [6, 6.07) is 7.03. The first-order valence-corrected chi connectivity index (χ1v) is 7.11. The van der Waals surface area contributed by atoms with Crippen molar-refractivity contribution in [2.24, 2.45) is 5.92 Å². The van der Waals surface area contributed by atoms with Crippen LogP contribution in [-0.2, 0) is 6.42 Å². The first-order chi connectivity index (χ1) is 8.70. The van der Waals surface area contributed by atoms with Crippen molar-refractivity contribution in [1.82, 2.24) is 5.32 Å². The van der Waals surface area contributed by atoms with Crippen LogP contribution in [0.25, 0.3) is 0 Å². The smallest absolute Gasteiger partial charge is 0.119 e. The summed E-state index contributed by atoms with van der Waals surface area (Å²) in [6.45, 7) is 5.66. The summed E-state index contributed by atoms with van der Waals surface area (Å²) in [4.78, 5) is 0. The van der Waals surface area contributed by atoms with Crippen molar-refractivity contribution in [3.05, 3.63) is 29.3 Å². The summed E-state index contributed by atoms with van der Waals surface area (Å²) in [7, 11) is 1.74. The average molecular weight is 247 g/mol. The van der Waals surface area contributed by atoms with Crippen LogP contribution in [0.1, 0.15) is 50.3 Å². The van der Waals surface area contributed by atoms with E-state index in [1.165, 1.54) is 36.8 Å². The zero-order chi connectivity index (χ0) is 13.0. The maximum absolute atomic E-state index is 5.34. The normalized spacial score (nSPS) is 18.8. The second kappa shape index (κ2) is 6.24. The number of hydrogen-bond acceptors (Lipinski definition) is 2. The Morgan fingerprint density at radius 3 is 2.94 bits per heavy atom. The molecule has 0 fully saturated rings. The Hall–Kier alpha value is -1.02. The largest absolute Gasteiger partial charge is 0.497 e. The summed E-state index contributed by atoms with van der Waals surface area (Å²) in [6.07, 6.45) is 4.99. The third-order valence-electron chi connectivity index (χ3n) is 3.78. The van der Waals surface area contributed by atoms with Crippen LogP contribution in [0.2, 0.25) is 0 Å². The molecule has 1 aromatic carbocycles. The molecular formula is C16H25NO. The Labute approximate surface area is 111 Å². The lowest BCUT2D eigenvalue weighted by molar-refractivity contribution is 0.406. The van der Waals surface area contributed by atoms with Crippen LogP contribution in [0, 0.1) is 5.92 Å². The molecule has 18 heavy (non-hydrogen) atoms. The fourth-order valence-electron chi connectivity index (χ4n) is 2.66. The van der Waals surface area contributed by atoms with Gasteiger partial charge < -0.3 is 10.1 Å².